The summed E-state index contributed by atoms with van der Waals surface area (Å²) in [5, 5.41) is 16.5. The SMILES string of the molecule is Cn1cc([C@@H]2CN(S(=O)(=O)c3ccc4c(c3)NC(=O)CO4)C[C@H]2CO)cn1. The molecule has 1 fully saturated rings. The lowest BCUT2D eigenvalue weighted by Crippen LogP contribution is -2.30. The van der Waals surface area contributed by atoms with Gasteiger partial charge in [-0.2, -0.15) is 9.40 Å². The number of carbonyl (C=O) groups excluding carboxylic acids is 1. The summed E-state index contributed by atoms with van der Waals surface area (Å²) in [5.41, 5.74) is 1.24. The zero-order chi connectivity index (χ0) is 19.2. The molecule has 10 heteroatoms. The van der Waals surface area contributed by atoms with Crippen molar-refractivity contribution in [3.8, 4) is 5.75 Å². The molecule has 0 unspecified atom stereocenters. The number of fused-ring (bicyclic) bond motifs is 1. The number of rotatable bonds is 4. The van der Waals surface area contributed by atoms with E-state index in [9.17, 15) is 18.3 Å². The molecule has 3 heterocycles. The van der Waals surface area contributed by atoms with E-state index in [1.54, 1.807) is 24.0 Å². The van der Waals surface area contributed by atoms with E-state index in [0.29, 0.717) is 11.4 Å². The number of nitrogens with zero attached hydrogens (tertiary/aromatic N) is 3. The van der Waals surface area contributed by atoms with Crippen molar-refractivity contribution in [2.45, 2.75) is 10.8 Å². The molecule has 2 aliphatic rings. The normalized spacial score (nSPS) is 23.0. The minimum Gasteiger partial charge on any atom is -0.482 e. The van der Waals surface area contributed by atoms with Crippen LogP contribution in [0.25, 0.3) is 0 Å². The molecule has 0 spiro atoms. The minimum atomic E-state index is -3.78. The van der Waals surface area contributed by atoms with Crippen LogP contribution in [0.4, 0.5) is 5.69 Å². The molecule has 0 radical (unpaired) electrons. The van der Waals surface area contributed by atoms with Gasteiger partial charge in [0.2, 0.25) is 10.0 Å². The molecule has 0 saturated carbocycles. The van der Waals surface area contributed by atoms with E-state index in [1.807, 2.05) is 6.20 Å². The van der Waals surface area contributed by atoms with Gasteiger partial charge in [0.15, 0.2) is 6.61 Å². The van der Waals surface area contributed by atoms with Crippen LogP contribution in [0.3, 0.4) is 0 Å². The Hall–Kier alpha value is -2.43. The lowest BCUT2D eigenvalue weighted by molar-refractivity contribution is -0.118. The third-order valence-corrected chi connectivity index (χ3v) is 6.84. The zero-order valence-corrected chi connectivity index (χ0v) is 15.5. The Balaban J connectivity index is 1.62. The van der Waals surface area contributed by atoms with Crippen molar-refractivity contribution in [3.05, 3.63) is 36.2 Å². The van der Waals surface area contributed by atoms with E-state index in [2.05, 4.69) is 10.4 Å². The van der Waals surface area contributed by atoms with Crippen molar-refractivity contribution in [2.75, 3.05) is 31.6 Å². The molecule has 4 rings (SSSR count). The van der Waals surface area contributed by atoms with Gasteiger partial charge in [0.05, 0.1) is 16.8 Å². The van der Waals surface area contributed by atoms with Gasteiger partial charge in [-0.3, -0.25) is 9.48 Å². The standard InChI is InChI=1S/C17H20N4O5S/c1-20-6-11(5-18-20)14-8-21(7-12(14)9-22)27(24,25)13-2-3-16-15(4-13)19-17(23)10-26-16/h2-6,12,14,22H,7-10H2,1H3,(H,19,23)/t12-,14-/m0/s1. The Morgan fingerprint density at radius 2 is 2.19 bits per heavy atom. The van der Waals surface area contributed by atoms with Crippen LogP contribution in [-0.4, -0.2) is 59.8 Å². The molecule has 9 nitrogen and oxygen atoms in total. The Morgan fingerprint density at radius 1 is 1.37 bits per heavy atom. The molecule has 0 bridgehead atoms. The topological polar surface area (TPSA) is 114 Å². The summed E-state index contributed by atoms with van der Waals surface area (Å²) in [6.45, 7) is 0.285. The number of carbonyl (C=O) groups is 1. The van der Waals surface area contributed by atoms with Crippen LogP contribution in [-0.2, 0) is 21.9 Å². The van der Waals surface area contributed by atoms with Gasteiger partial charge in [0.25, 0.3) is 5.91 Å². The summed E-state index contributed by atoms with van der Waals surface area (Å²) in [4.78, 5) is 11.6. The number of benzene rings is 1. The van der Waals surface area contributed by atoms with E-state index in [-0.39, 0.29) is 48.9 Å². The van der Waals surface area contributed by atoms with Crippen molar-refractivity contribution < 1.29 is 23.1 Å². The number of hydrogen-bond acceptors (Lipinski definition) is 6. The first-order chi connectivity index (χ1) is 12.9. The first-order valence-corrected chi connectivity index (χ1v) is 9.99. The molecule has 0 aliphatic carbocycles. The summed E-state index contributed by atoms with van der Waals surface area (Å²) in [7, 11) is -1.98. The molecule has 2 atom stereocenters. The number of aliphatic hydroxyl groups is 1. The second-order valence-electron chi connectivity index (χ2n) is 6.81. The van der Waals surface area contributed by atoms with Gasteiger partial charge in [-0.1, -0.05) is 0 Å². The molecule has 144 valence electrons. The highest BCUT2D eigenvalue weighted by atomic mass is 32.2. The van der Waals surface area contributed by atoms with Gasteiger partial charge in [-0.15, -0.1) is 0 Å². The highest BCUT2D eigenvalue weighted by molar-refractivity contribution is 7.89. The molecule has 2 N–H and O–H groups in total. The summed E-state index contributed by atoms with van der Waals surface area (Å²) in [5.74, 6) is -0.213. The number of sulfonamides is 1. The number of aliphatic hydroxyl groups excluding tert-OH is 1. The maximum absolute atomic E-state index is 13.1. The molecule has 2 aromatic rings. The van der Waals surface area contributed by atoms with Gasteiger partial charge in [-0.25, -0.2) is 8.42 Å². The largest absolute Gasteiger partial charge is 0.482 e. The number of aryl methyl sites for hydroxylation is 1. The molecule has 27 heavy (non-hydrogen) atoms. The number of nitrogens with one attached hydrogen (secondary N) is 1. The zero-order valence-electron chi connectivity index (χ0n) is 14.7. The third-order valence-electron chi connectivity index (χ3n) is 5.02. The average molecular weight is 392 g/mol. The average Bonchev–Trinajstić information content (AvgIpc) is 3.27. The van der Waals surface area contributed by atoms with E-state index >= 15 is 0 Å². The third kappa shape index (κ3) is 3.20. The number of anilines is 1. The van der Waals surface area contributed by atoms with Crippen molar-refractivity contribution >= 4 is 21.6 Å². The molecule has 1 amide bonds. The minimum absolute atomic E-state index is 0.0792. The number of amides is 1. The second-order valence-corrected chi connectivity index (χ2v) is 8.75. The first-order valence-electron chi connectivity index (χ1n) is 8.54. The van der Waals surface area contributed by atoms with E-state index in [0.717, 1.165) is 5.56 Å². The summed E-state index contributed by atoms with van der Waals surface area (Å²) < 4.78 is 34.5. The number of ether oxygens (including phenoxy) is 1. The predicted molar refractivity (Wildman–Crippen MR) is 95.9 cm³/mol. The van der Waals surface area contributed by atoms with Crippen LogP contribution in [0.5, 0.6) is 5.75 Å². The lowest BCUT2D eigenvalue weighted by Gasteiger charge is -2.21. The van der Waals surface area contributed by atoms with Crippen LogP contribution in [0, 0.1) is 5.92 Å². The summed E-state index contributed by atoms with van der Waals surface area (Å²) >= 11 is 0. The Kier molecular flexibility index (Phi) is 4.41. The van der Waals surface area contributed by atoms with Gasteiger partial charge in [-0.05, 0) is 23.8 Å². The summed E-state index contributed by atoms with van der Waals surface area (Å²) in [6, 6.07) is 4.42. The highest BCUT2D eigenvalue weighted by Crippen LogP contribution is 2.37. The highest BCUT2D eigenvalue weighted by Gasteiger charge is 2.40. The maximum atomic E-state index is 13.1. The predicted octanol–water partition coefficient (Wildman–Crippen LogP) is 0.148. The molecule has 1 aromatic carbocycles. The van der Waals surface area contributed by atoms with Crippen molar-refractivity contribution in [1.82, 2.24) is 14.1 Å². The number of aromatic nitrogens is 2. The van der Waals surface area contributed by atoms with Crippen molar-refractivity contribution in [1.29, 1.82) is 0 Å². The molecule has 1 saturated heterocycles. The molecular formula is C17H20N4O5S. The first kappa shape index (κ1) is 18.0. The fourth-order valence-electron chi connectivity index (χ4n) is 3.59. The van der Waals surface area contributed by atoms with Gasteiger partial charge in [0, 0.05) is 44.8 Å². The van der Waals surface area contributed by atoms with E-state index in [1.165, 1.54) is 16.4 Å². The van der Waals surface area contributed by atoms with Crippen LogP contribution < -0.4 is 10.1 Å². The Morgan fingerprint density at radius 3 is 2.89 bits per heavy atom. The van der Waals surface area contributed by atoms with Crippen molar-refractivity contribution in [2.24, 2.45) is 13.0 Å². The Labute approximate surface area is 156 Å². The van der Waals surface area contributed by atoms with Crippen LogP contribution in [0.2, 0.25) is 0 Å². The lowest BCUT2D eigenvalue weighted by atomic mass is 9.92. The fraction of sp³-hybridized carbons (Fsp3) is 0.412. The van der Waals surface area contributed by atoms with Crippen LogP contribution in [0.1, 0.15) is 11.5 Å². The molecule has 2 aliphatic heterocycles. The van der Waals surface area contributed by atoms with Gasteiger partial charge in [0.1, 0.15) is 5.75 Å². The maximum Gasteiger partial charge on any atom is 0.262 e. The molecule has 1 aromatic heterocycles. The van der Waals surface area contributed by atoms with Crippen LogP contribution >= 0.6 is 0 Å². The quantitative estimate of drug-likeness (QED) is 0.766. The fourth-order valence-corrected chi connectivity index (χ4v) is 5.14. The van der Waals surface area contributed by atoms with Gasteiger partial charge < -0.3 is 15.2 Å². The second kappa shape index (κ2) is 6.63. The smallest absolute Gasteiger partial charge is 0.262 e. The number of hydrogen-bond donors (Lipinski definition) is 2. The molecular weight excluding hydrogens is 372 g/mol. The van der Waals surface area contributed by atoms with E-state index < -0.39 is 10.0 Å². The van der Waals surface area contributed by atoms with Gasteiger partial charge >= 0.3 is 0 Å². The van der Waals surface area contributed by atoms with Crippen LogP contribution in [0.15, 0.2) is 35.5 Å². The van der Waals surface area contributed by atoms with E-state index in [4.69, 9.17) is 4.74 Å². The monoisotopic (exact) mass is 392 g/mol. The summed E-state index contributed by atoms with van der Waals surface area (Å²) in [6.07, 6.45) is 3.55. The Bertz CT molecular complexity index is 987. The van der Waals surface area contributed by atoms with Crippen molar-refractivity contribution in [3.63, 3.8) is 0 Å².